The van der Waals surface area contributed by atoms with Crippen LogP contribution in [0.3, 0.4) is 0 Å². The van der Waals surface area contributed by atoms with Crippen LogP contribution >= 0.6 is 0 Å². The lowest BCUT2D eigenvalue weighted by molar-refractivity contribution is -0.151. The predicted octanol–water partition coefficient (Wildman–Crippen LogP) is 0.792. The molecule has 1 unspecified atom stereocenters. The third-order valence-electron chi connectivity index (χ3n) is 1.12. The van der Waals surface area contributed by atoms with Crippen LogP contribution in [-0.2, 0) is 9.53 Å². The van der Waals surface area contributed by atoms with Gasteiger partial charge < -0.3 is 4.74 Å². The van der Waals surface area contributed by atoms with Gasteiger partial charge in [0.2, 0.25) is 0 Å². The average molecular weight is 144 g/mol. The number of alkyl halides is 1. The molecule has 0 spiro atoms. The van der Waals surface area contributed by atoms with Crippen molar-refractivity contribution in [3.63, 3.8) is 0 Å². The third kappa shape index (κ3) is 3.48. The molecule has 4 heteroatoms. The first kappa shape index (κ1) is 9.46. The smallest absolute Gasteiger partial charge is 0.330 e. The Morgan fingerprint density at radius 2 is 2.30 bits per heavy atom. The molecule has 0 aromatic heterocycles. The molecule has 0 heterocycles. The molecule has 56 valence electrons. The van der Waals surface area contributed by atoms with Gasteiger partial charge in [-0.2, -0.15) is 0 Å². The first-order valence-corrected chi connectivity index (χ1v) is 3.18. The molecule has 0 bridgehead atoms. The van der Waals surface area contributed by atoms with Gasteiger partial charge in [0.1, 0.15) is 7.85 Å². The average Bonchev–Trinajstić information content (AvgIpc) is 1.87. The first-order chi connectivity index (χ1) is 4.57. The van der Waals surface area contributed by atoms with Crippen molar-refractivity contribution in [3.8, 4) is 0 Å². The first-order valence-electron chi connectivity index (χ1n) is 3.18. The SMILES string of the molecule is [B]C(F)C(=O)O[C@@H](C)CC. The normalized spacial score (nSPS) is 15.9. The third-order valence-corrected chi connectivity index (χ3v) is 1.12. The molecule has 0 aromatic rings. The monoisotopic (exact) mass is 144 g/mol. The van der Waals surface area contributed by atoms with Gasteiger partial charge in [0.15, 0.2) is 6.07 Å². The second kappa shape index (κ2) is 4.31. The largest absolute Gasteiger partial charge is 0.461 e. The van der Waals surface area contributed by atoms with Crippen LogP contribution < -0.4 is 0 Å². The highest BCUT2D eigenvalue weighted by Gasteiger charge is 2.13. The number of carbonyl (C=O) groups is 1. The number of halogens is 1. The zero-order valence-corrected chi connectivity index (χ0v) is 6.13. The molecule has 0 saturated heterocycles. The van der Waals surface area contributed by atoms with E-state index in [2.05, 4.69) is 12.6 Å². The van der Waals surface area contributed by atoms with Gasteiger partial charge in [-0.05, 0) is 13.3 Å². The van der Waals surface area contributed by atoms with Crippen LogP contribution in [0.1, 0.15) is 20.3 Å². The van der Waals surface area contributed by atoms with Gasteiger partial charge in [-0.3, -0.25) is 0 Å². The van der Waals surface area contributed by atoms with E-state index in [1.807, 2.05) is 6.92 Å². The number of rotatable bonds is 3. The van der Waals surface area contributed by atoms with E-state index in [0.717, 1.165) is 0 Å². The van der Waals surface area contributed by atoms with E-state index in [1.54, 1.807) is 6.92 Å². The Hall–Kier alpha value is -0.535. The van der Waals surface area contributed by atoms with Crippen molar-refractivity contribution in [2.24, 2.45) is 0 Å². The Bertz CT molecular complexity index is 116. The van der Waals surface area contributed by atoms with E-state index in [1.165, 1.54) is 0 Å². The van der Waals surface area contributed by atoms with Crippen molar-refractivity contribution < 1.29 is 13.9 Å². The Morgan fingerprint density at radius 1 is 1.80 bits per heavy atom. The minimum atomic E-state index is -2.01. The van der Waals surface area contributed by atoms with Gasteiger partial charge in [0.25, 0.3) is 0 Å². The minimum Gasteiger partial charge on any atom is -0.461 e. The predicted molar refractivity (Wildman–Crippen MR) is 36.5 cm³/mol. The lowest BCUT2D eigenvalue weighted by Crippen LogP contribution is -2.23. The van der Waals surface area contributed by atoms with Crippen molar-refractivity contribution in [1.29, 1.82) is 0 Å². The maximum absolute atomic E-state index is 11.9. The van der Waals surface area contributed by atoms with E-state index in [4.69, 9.17) is 0 Å². The molecule has 0 aliphatic rings. The molecule has 0 aliphatic heterocycles. The lowest BCUT2D eigenvalue weighted by Gasteiger charge is -2.10. The molecular weight excluding hydrogens is 134 g/mol. The van der Waals surface area contributed by atoms with Crippen molar-refractivity contribution >= 4 is 13.8 Å². The molecule has 0 fully saturated rings. The molecule has 0 N–H and O–H groups in total. The van der Waals surface area contributed by atoms with Crippen LogP contribution in [0.2, 0.25) is 0 Å². The fourth-order valence-corrected chi connectivity index (χ4v) is 0.347. The van der Waals surface area contributed by atoms with Gasteiger partial charge in [-0.1, -0.05) is 6.92 Å². The van der Waals surface area contributed by atoms with E-state index in [9.17, 15) is 9.18 Å². The molecule has 0 rings (SSSR count). The minimum absolute atomic E-state index is 0.255. The van der Waals surface area contributed by atoms with Crippen molar-refractivity contribution in [3.05, 3.63) is 0 Å². The number of hydrogen-bond donors (Lipinski definition) is 0. The van der Waals surface area contributed by atoms with Gasteiger partial charge in [0, 0.05) is 0 Å². The van der Waals surface area contributed by atoms with E-state index in [0.29, 0.717) is 6.42 Å². The molecule has 0 saturated carbocycles. The van der Waals surface area contributed by atoms with Gasteiger partial charge in [-0.15, -0.1) is 0 Å². The van der Waals surface area contributed by atoms with Crippen LogP contribution in [0.15, 0.2) is 0 Å². The van der Waals surface area contributed by atoms with E-state index < -0.39 is 12.0 Å². The summed E-state index contributed by atoms with van der Waals surface area (Å²) in [6.45, 7) is 3.52. The molecular formula is C6H10BFO2. The van der Waals surface area contributed by atoms with E-state index >= 15 is 0 Å². The molecule has 2 radical (unpaired) electrons. The summed E-state index contributed by atoms with van der Waals surface area (Å²) in [4.78, 5) is 10.4. The van der Waals surface area contributed by atoms with Gasteiger partial charge in [-0.25, -0.2) is 9.18 Å². The molecule has 0 aromatic carbocycles. The summed E-state index contributed by atoms with van der Waals surface area (Å²) in [5.41, 5.74) is 0. The van der Waals surface area contributed by atoms with Crippen LogP contribution in [0, 0.1) is 0 Å². The zero-order valence-electron chi connectivity index (χ0n) is 6.13. The Balaban J connectivity index is 3.57. The summed E-state index contributed by atoms with van der Waals surface area (Å²) in [6.07, 6.45) is -1.60. The summed E-state index contributed by atoms with van der Waals surface area (Å²) in [5, 5.41) is 0. The van der Waals surface area contributed by atoms with Crippen LogP contribution in [-0.4, -0.2) is 26.0 Å². The standard InChI is InChI=1S/C6H10BFO2/c1-3-4(2)10-6(9)5(7)8/h4-5H,3H2,1-2H3/t4-,5?/m0/s1. The summed E-state index contributed by atoms with van der Waals surface area (Å²) < 4.78 is 16.4. The molecule has 10 heavy (non-hydrogen) atoms. The summed E-state index contributed by atoms with van der Waals surface area (Å²) >= 11 is 0. The topological polar surface area (TPSA) is 26.3 Å². The Kier molecular flexibility index (Phi) is 4.08. The molecule has 2 atom stereocenters. The maximum Gasteiger partial charge on any atom is 0.330 e. The highest BCUT2D eigenvalue weighted by molar-refractivity contribution is 6.21. The summed E-state index contributed by atoms with van der Waals surface area (Å²) in [7, 11) is 4.60. The summed E-state index contributed by atoms with van der Waals surface area (Å²) in [6, 6.07) is 0. The fourth-order valence-electron chi connectivity index (χ4n) is 0.347. The van der Waals surface area contributed by atoms with Crippen LogP contribution in [0.25, 0.3) is 0 Å². The highest BCUT2D eigenvalue weighted by Crippen LogP contribution is 1.98. The number of esters is 1. The fraction of sp³-hybridized carbons (Fsp3) is 0.833. The van der Waals surface area contributed by atoms with Crippen molar-refractivity contribution in [2.75, 3.05) is 0 Å². The second-order valence-electron chi connectivity index (χ2n) is 2.06. The molecule has 0 aliphatic carbocycles. The van der Waals surface area contributed by atoms with Gasteiger partial charge >= 0.3 is 5.97 Å². The molecule has 2 nitrogen and oxygen atoms in total. The highest BCUT2D eigenvalue weighted by atomic mass is 19.1. The van der Waals surface area contributed by atoms with E-state index in [-0.39, 0.29) is 6.10 Å². The van der Waals surface area contributed by atoms with Crippen molar-refractivity contribution in [2.45, 2.75) is 32.4 Å². The Labute approximate surface area is 61.2 Å². The lowest BCUT2D eigenvalue weighted by atomic mass is 10.0. The number of carbonyl (C=O) groups excluding carboxylic acids is 1. The maximum atomic E-state index is 11.9. The number of hydrogen-bond acceptors (Lipinski definition) is 2. The van der Waals surface area contributed by atoms with Gasteiger partial charge in [0.05, 0.1) is 6.10 Å². The molecule has 0 amide bonds. The zero-order chi connectivity index (χ0) is 8.15. The summed E-state index contributed by atoms with van der Waals surface area (Å²) in [5.74, 6) is -0.991. The quantitative estimate of drug-likeness (QED) is 0.432. The second-order valence-corrected chi connectivity index (χ2v) is 2.06. The number of ether oxygens (including phenoxy) is 1. The van der Waals surface area contributed by atoms with Crippen LogP contribution in [0.4, 0.5) is 4.39 Å². The van der Waals surface area contributed by atoms with Crippen molar-refractivity contribution in [1.82, 2.24) is 0 Å². The van der Waals surface area contributed by atoms with Crippen LogP contribution in [0.5, 0.6) is 0 Å². The Morgan fingerprint density at radius 3 is 2.60 bits per heavy atom.